The molecule has 3 aromatic rings. The van der Waals surface area contributed by atoms with Crippen LogP contribution in [0.4, 0.5) is 0 Å². The zero-order valence-electron chi connectivity index (χ0n) is 20.4. The fourth-order valence-corrected chi connectivity index (χ4v) is 6.04. The fourth-order valence-electron chi connectivity index (χ4n) is 4.99. The number of thioether (sulfide) groups is 1. The Bertz CT molecular complexity index is 1130. The standard InChI is InChI=1S/C28H34N4O2S/c1-21(28(33)32-13-11-23(12-14-32)19-22-7-3-2-4-8-22)35-27-24-9-5-6-10-25(24)29-26(30-27)20-31-15-17-34-18-16-31/h2-10,21,23H,11-20H2,1H3/t21-/m1/s1. The Kier molecular flexibility index (Phi) is 7.96. The van der Waals surface area contributed by atoms with Crippen molar-refractivity contribution >= 4 is 28.6 Å². The lowest BCUT2D eigenvalue weighted by Crippen LogP contribution is -2.42. The van der Waals surface area contributed by atoms with E-state index in [0.717, 1.165) is 80.4 Å². The minimum Gasteiger partial charge on any atom is -0.379 e. The van der Waals surface area contributed by atoms with Crippen molar-refractivity contribution in [3.05, 3.63) is 66.0 Å². The van der Waals surface area contributed by atoms with E-state index < -0.39 is 0 Å². The quantitative estimate of drug-likeness (QED) is 0.361. The third-order valence-corrected chi connectivity index (χ3v) is 8.10. The number of benzene rings is 2. The maximum Gasteiger partial charge on any atom is 0.235 e. The molecule has 3 heterocycles. The Morgan fingerprint density at radius 3 is 2.49 bits per heavy atom. The van der Waals surface area contributed by atoms with Crippen molar-refractivity contribution < 1.29 is 9.53 Å². The molecule has 0 aliphatic carbocycles. The zero-order chi connectivity index (χ0) is 24.0. The summed E-state index contributed by atoms with van der Waals surface area (Å²) in [7, 11) is 0. The lowest BCUT2D eigenvalue weighted by Gasteiger charge is -2.33. The van der Waals surface area contributed by atoms with Gasteiger partial charge in [-0.25, -0.2) is 9.97 Å². The van der Waals surface area contributed by atoms with Crippen LogP contribution in [0.2, 0.25) is 0 Å². The normalized spacial score (nSPS) is 18.6. The summed E-state index contributed by atoms with van der Waals surface area (Å²) in [4.78, 5) is 27.5. The summed E-state index contributed by atoms with van der Waals surface area (Å²) in [5, 5.41) is 1.73. The van der Waals surface area contributed by atoms with Crippen LogP contribution in [0.3, 0.4) is 0 Å². The number of aromatic nitrogens is 2. The molecule has 35 heavy (non-hydrogen) atoms. The average molecular weight is 491 g/mol. The van der Waals surface area contributed by atoms with Crippen LogP contribution in [0.25, 0.3) is 10.9 Å². The molecule has 0 radical (unpaired) electrons. The van der Waals surface area contributed by atoms with Gasteiger partial charge in [-0.3, -0.25) is 9.69 Å². The molecular formula is C28H34N4O2S. The molecule has 1 aromatic heterocycles. The van der Waals surface area contributed by atoms with Crippen LogP contribution in [-0.4, -0.2) is 70.3 Å². The van der Waals surface area contributed by atoms with Gasteiger partial charge in [-0.2, -0.15) is 0 Å². The van der Waals surface area contributed by atoms with Crippen LogP contribution in [-0.2, 0) is 22.5 Å². The number of carbonyl (C=O) groups excluding carboxylic acids is 1. The van der Waals surface area contributed by atoms with Gasteiger partial charge in [0.1, 0.15) is 10.9 Å². The second-order valence-corrected chi connectivity index (χ2v) is 10.9. The summed E-state index contributed by atoms with van der Waals surface area (Å²) in [5.74, 6) is 1.68. The highest BCUT2D eigenvalue weighted by molar-refractivity contribution is 8.00. The number of piperidine rings is 1. The Labute approximate surface area is 212 Å². The molecule has 1 atom stereocenters. The lowest BCUT2D eigenvalue weighted by molar-refractivity contribution is -0.131. The van der Waals surface area contributed by atoms with Gasteiger partial charge in [0, 0.05) is 31.6 Å². The number of nitrogens with zero attached hydrogens (tertiary/aromatic N) is 4. The molecule has 0 bridgehead atoms. The summed E-state index contributed by atoms with van der Waals surface area (Å²) in [6.07, 6.45) is 3.24. The third-order valence-electron chi connectivity index (χ3n) is 7.01. The summed E-state index contributed by atoms with van der Waals surface area (Å²) >= 11 is 1.57. The number of rotatable bonds is 7. The monoisotopic (exact) mass is 490 g/mol. The highest BCUT2D eigenvalue weighted by Crippen LogP contribution is 2.31. The van der Waals surface area contributed by atoms with E-state index in [9.17, 15) is 4.79 Å². The van der Waals surface area contributed by atoms with Gasteiger partial charge in [-0.05, 0) is 43.7 Å². The number of ether oxygens (including phenoxy) is 1. The summed E-state index contributed by atoms with van der Waals surface area (Å²) in [6, 6.07) is 18.8. The molecular weight excluding hydrogens is 456 g/mol. The van der Waals surface area contributed by atoms with Crippen LogP contribution >= 0.6 is 11.8 Å². The van der Waals surface area contributed by atoms with E-state index in [4.69, 9.17) is 14.7 Å². The van der Waals surface area contributed by atoms with Gasteiger partial charge in [0.25, 0.3) is 0 Å². The molecule has 6 nitrogen and oxygen atoms in total. The predicted octanol–water partition coefficient (Wildman–Crippen LogP) is 4.42. The maximum atomic E-state index is 13.3. The Hall–Kier alpha value is -2.48. The second-order valence-electron chi connectivity index (χ2n) is 9.57. The molecule has 7 heteroatoms. The lowest BCUT2D eigenvalue weighted by atomic mass is 9.90. The number of para-hydroxylation sites is 1. The predicted molar refractivity (Wildman–Crippen MR) is 140 cm³/mol. The second kappa shape index (κ2) is 11.5. The number of amides is 1. The van der Waals surface area contributed by atoms with E-state index in [1.165, 1.54) is 5.56 Å². The first kappa shape index (κ1) is 24.2. The fraction of sp³-hybridized carbons (Fsp3) is 0.464. The van der Waals surface area contributed by atoms with Crippen molar-refractivity contribution in [2.45, 2.75) is 43.0 Å². The zero-order valence-corrected chi connectivity index (χ0v) is 21.3. The minimum absolute atomic E-state index is 0.185. The number of hydrogen-bond donors (Lipinski definition) is 0. The molecule has 2 saturated heterocycles. The molecule has 2 fully saturated rings. The molecule has 184 valence electrons. The van der Waals surface area contributed by atoms with Gasteiger partial charge >= 0.3 is 0 Å². The number of carbonyl (C=O) groups is 1. The van der Waals surface area contributed by atoms with Crippen LogP contribution in [0, 0.1) is 5.92 Å². The third kappa shape index (κ3) is 6.21. The van der Waals surface area contributed by atoms with E-state index in [1.54, 1.807) is 11.8 Å². The highest BCUT2D eigenvalue weighted by Gasteiger charge is 2.27. The summed E-state index contributed by atoms with van der Waals surface area (Å²) < 4.78 is 5.48. The van der Waals surface area contributed by atoms with Gasteiger partial charge in [0.05, 0.1) is 30.5 Å². The molecule has 2 aromatic carbocycles. The summed E-state index contributed by atoms with van der Waals surface area (Å²) in [5.41, 5.74) is 2.33. The van der Waals surface area contributed by atoms with Gasteiger partial charge in [0.15, 0.2) is 0 Å². The molecule has 0 unspecified atom stereocenters. The minimum atomic E-state index is -0.185. The average Bonchev–Trinajstić information content (AvgIpc) is 2.90. The molecule has 2 aliphatic rings. The largest absolute Gasteiger partial charge is 0.379 e. The first-order valence-corrected chi connectivity index (χ1v) is 13.6. The molecule has 1 amide bonds. The first-order chi connectivity index (χ1) is 17.2. The molecule has 0 spiro atoms. The molecule has 2 aliphatic heterocycles. The van der Waals surface area contributed by atoms with Crippen molar-refractivity contribution in [3.8, 4) is 0 Å². The van der Waals surface area contributed by atoms with Crippen LogP contribution in [0.1, 0.15) is 31.2 Å². The van der Waals surface area contributed by atoms with E-state index in [0.29, 0.717) is 12.5 Å². The Morgan fingerprint density at radius 2 is 1.71 bits per heavy atom. The van der Waals surface area contributed by atoms with Crippen molar-refractivity contribution in [1.29, 1.82) is 0 Å². The highest BCUT2D eigenvalue weighted by atomic mass is 32.2. The van der Waals surface area contributed by atoms with Gasteiger partial charge in [-0.1, -0.05) is 60.3 Å². The summed E-state index contributed by atoms with van der Waals surface area (Å²) in [6.45, 7) is 7.70. The first-order valence-electron chi connectivity index (χ1n) is 12.7. The van der Waals surface area contributed by atoms with Crippen molar-refractivity contribution in [3.63, 3.8) is 0 Å². The topological polar surface area (TPSA) is 58.6 Å². The van der Waals surface area contributed by atoms with E-state index >= 15 is 0 Å². The van der Waals surface area contributed by atoms with Crippen molar-refractivity contribution in [1.82, 2.24) is 19.8 Å². The van der Waals surface area contributed by atoms with Crippen molar-refractivity contribution in [2.24, 2.45) is 5.92 Å². The van der Waals surface area contributed by atoms with Crippen LogP contribution in [0.15, 0.2) is 59.6 Å². The maximum absolute atomic E-state index is 13.3. The van der Waals surface area contributed by atoms with Crippen molar-refractivity contribution in [2.75, 3.05) is 39.4 Å². The van der Waals surface area contributed by atoms with Gasteiger partial charge in [-0.15, -0.1) is 0 Å². The van der Waals surface area contributed by atoms with Crippen LogP contribution < -0.4 is 0 Å². The molecule has 5 rings (SSSR count). The van der Waals surface area contributed by atoms with E-state index in [2.05, 4.69) is 46.2 Å². The van der Waals surface area contributed by atoms with E-state index in [1.807, 2.05) is 25.1 Å². The number of fused-ring (bicyclic) bond motifs is 1. The Balaban J connectivity index is 1.23. The number of likely N-dealkylation sites (tertiary alicyclic amines) is 1. The van der Waals surface area contributed by atoms with E-state index in [-0.39, 0.29) is 11.2 Å². The van der Waals surface area contributed by atoms with Gasteiger partial charge in [0.2, 0.25) is 5.91 Å². The van der Waals surface area contributed by atoms with Crippen LogP contribution in [0.5, 0.6) is 0 Å². The Morgan fingerprint density at radius 1 is 1.00 bits per heavy atom. The SMILES string of the molecule is C[C@@H](Sc1nc(CN2CCOCC2)nc2ccccc12)C(=O)N1CCC(Cc2ccccc2)CC1. The number of morpholine rings is 1. The number of hydrogen-bond acceptors (Lipinski definition) is 6. The van der Waals surface area contributed by atoms with Gasteiger partial charge < -0.3 is 9.64 Å². The smallest absolute Gasteiger partial charge is 0.235 e. The molecule has 0 saturated carbocycles. The molecule has 0 N–H and O–H groups in total.